The summed E-state index contributed by atoms with van der Waals surface area (Å²) in [6, 6.07) is 22.2. The van der Waals surface area contributed by atoms with E-state index in [1.807, 2.05) is 0 Å². The lowest BCUT2D eigenvalue weighted by molar-refractivity contribution is 0.426. The Morgan fingerprint density at radius 2 is 1.45 bits per heavy atom. The van der Waals surface area contributed by atoms with E-state index in [4.69, 9.17) is 0 Å². The van der Waals surface area contributed by atoms with Crippen molar-refractivity contribution >= 4 is 0 Å². The van der Waals surface area contributed by atoms with Gasteiger partial charge < -0.3 is 5.32 Å². The summed E-state index contributed by atoms with van der Waals surface area (Å²) in [5.74, 6) is 0.531. The van der Waals surface area contributed by atoms with Crippen LogP contribution in [0.15, 0.2) is 60.7 Å². The van der Waals surface area contributed by atoms with Crippen LogP contribution in [0.2, 0.25) is 0 Å². The van der Waals surface area contributed by atoms with E-state index in [-0.39, 0.29) is 0 Å². The smallest absolute Gasteiger partial charge is 0.0136 e. The van der Waals surface area contributed by atoms with Gasteiger partial charge in [-0.05, 0) is 30.5 Å². The van der Waals surface area contributed by atoms with Gasteiger partial charge in [-0.15, -0.1) is 0 Å². The van der Waals surface area contributed by atoms with Gasteiger partial charge in [-0.25, -0.2) is 0 Å². The van der Waals surface area contributed by atoms with E-state index in [0.29, 0.717) is 12.0 Å². The lowest BCUT2D eigenvalue weighted by Gasteiger charge is -2.27. The van der Waals surface area contributed by atoms with Gasteiger partial charge in [0.05, 0.1) is 0 Å². The standard InChI is InChI=1S/C19H25N/c1-3-19(20-4-2)18(17-13-9-6-10-14-17)15-16-11-7-5-8-12-16/h5-14,18-20H,3-4,15H2,1-2H3. The van der Waals surface area contributed by atoms with E-state index in [1.165, 1.54) is 11.1 Å². The molecule has 106 valence electrons. The fourth-order valence-corrected chi connectivity index (χ4v) is 2.89. The molecule has 0 heterocycles. The van der Waals surface area contributed by atoms with Crippen LogP contribution in [-0.4, -0.2) is 12.6 Å². The zero-order chi connectivity index (χ0) is 14.2. The second-order valence-electron chi connectivity index (χ2n) is 5.28. The fraction of sp³-hybridized carbons (Fsp3) is 0.368. The number of nitrogens with one attached hydrogen (secondary N) is 1. The Labute approximate surface area is 123 Å². The van der Waals surface area contributed by atoms with Crippen molar-refractivity contribution in [2.45, 2.75) is 38.6 Å². The maximum atomic E-state index is 3.65. The van der Waals surface area contributed by atoms with Crippen LogP contribution in [0.5, 0.6) is 0 Å². The molecule has 2 aromatic carbocycles. The SMILES string of the molecule is CCNC(CC)C(Cc1ccccc1)c1ccccc1. The van der Waals surface area contributed by atoms with Crippen molar-refractivity contribution in [2.75, 3.05) is 6.54 Å². The molecule has 0 amide bonds. The fourth-order valence-electron chi connectivity index (χ4n) is 2.89. The molecule has 2 unspecified atom stereocenters. The van der Waals surface area contributed by atoms with E-state index >= 15 is 0 Å². The van der Waals surface area contributed by atoms with Crippen LogP contribution >= 0.6 is 0 Å². The zero-order valence-corrected chi connectivity index (χ0v) is 12.5. The van der Waals surface area contributed by atoms with Crippen LogP contribution in [0.1, 0.15) is 37.3 Å². The largest absolute Gasteiger partial charge is 0.314 e. The number of likely N-dealkylation sites (N-methyl/N-ethyl adjacent to an activating group) is 1. The van der Waals surface area contributed by atoms with E-state index < -0.39 is 0 Å². The number of hydrogen-bond acceptors (Lipinski definition) is 1. The molecule has 2 atom stereocenters. The van der Waals surface area contributed by atoms with Crippen molar-refractivity contribution in [3.8, 4) is 0 Å². The second kappa shape index (κ2) is 7.86. The molecular weight excluding hydrogens is 242 g/mol. The van der Waals surface area contributed by atoms with Gasteiger partial charge in [0.25, 0.3) is 0 Å². The molecule has 0 spiro atoms. The Hall–Kier alpha value is -1.60. The molecule has 1 nitrogen and oxygen atoms in total. The van der Waals surface area contributed by atoms with Gasteiger partial charge in [0.2, 0.25) is 0 Å². The molecule has 0 aliphatic rings. The van der Waals surface area contributed by atoms with Crippen molar-refractivity contribution in [3.05, 3.63) is 71.8 Å². The minimum atomic E-state index is 0.530. The Morgan fingerprint density at radius 3 is 2.00 bits per heavy atom. The molecule has 0 aromatic heterocycles. The van der Waals surface area contributed by atoms with Gasteiger partial charge in [0.15, 0.2) is 0 Å². The maximum absolute atomic E-state index is 3.65. The maximum Gasteiger partial charge on any atom is 0.0136 e. The topological polar surface area (TPSA) is 12.0 Å². The molecule has 2 rings (SSSR count). The molecule has 0 saturated heterocycles. The molecule has 20 heavy (non-hydrogen) atoms. The van der Waals surface area contributed by atoms with E-state index in [9.17, 15) is 0 Å². The minimum Gasteiger partial charge on any atom is -0.314 e. The number of benzene rings is 2. The first-order chi connectivity index (χ1) is 9.85. The average molecular weight is 267 g/mol. The average Bonchev–Trinajstić information content (AvgIpc) is 2.52. The lowest BCUT2D eigenvalue weighted by atomic mass is 9.84. The van der Waals surface area contributed by atoms with Crippen molar-refractivity contribution in [1.82, 2.24) is 5.32 Å². The van der Waals surface area contributed by atoms with Crippen LogP contribution in [0, 0.1) is 0 Å². The van der Waals surface area contributed by atoms with E-state index in [0.717, 1.165) is 19.4 Å². The summed E-state index contributed by atoms with van der Waals surface area (Å²) < 4.78 is 0. The van der Waals surface area contributed by atoms with Crippen LogP contribution in [0.25, 0.3) is 0 Å². The summed E-state index contributed by atoms with van der Waals surface area (Å²) in [5.41, 5.74) is 2.85. The summed E-state index contributed by atoms with van der Waals surface area (Å²) in [7, 11) is 0. The quantitative estimate of drug-likeness (QED) is 0.784. The Balaban J connectivity index is 2.24. The Bertz CT molecular complexity index is 478. The van der Waals surface area contributed by atoms with Crippen LogP contribution in [0.3, 0.4) is 0 Å². The van der Waals surface area contributed by atoms with E-state index in [1.54, 1.807) is 0 Å². The van der Waals surface area contributed by atoms with E-state index in [2.05, 4.69) is 79.8 Å². The second-order valence-corrected chi connectivity index (χ2v) is 5.28. The van der Waals surface area contributed by atoms with Crippen molar-refractivity contribution in [1.29, 1.82) is 0 Å². The highest BCUT2D eigenvalue weighted by Crippen LogP contribution is 2.26. The molecule has 0 aliphatic carbocycles. The van der Waals surface area contributed by atoms with Gasteiger partial charge in [-0.1, -0.05) is 74.5 Å². The van der Waals surface area contributed by atoms with Crippen molar-refractivity contribution < 1.29 is 0 Å². The summed E-state index contributed by atoms with van der Waals surface area (Å²) in [4.78, 5) is 0. The van der Waals surface area contributed by atoms with Crippen LogP contribution < -0.4 is 5.32 Å². The molecule has 0 saturated carbocycles. The van der Waals surface area contributed by atoms with Gasteiger partial charge in [0.1, 0.15) is 0 Å². The third kappa shape index (κ3) is 3.94. The first-order valence-corrected chi connectivity index (χ1v) is 7.67. The first kappa shape index (κ1) is 14.8. The third-order valence-electron chi connectivity index (χ3n) is 3.92. The summed E-state index contributed by atoms with van der Waals surface area (Å²) in [6.07, 6.45) is 2.25. The van der Waals surface area contributed by atoms with Gasteiger partial charge in [0, 0.05) is 12.0 Å². The van der Waals surface area contributed by atoms with Crippen LogP contribution in [0.4, 0.5) is 0 Å². The molecule has 0 radical (unpaired) electrons. The predicted molar refractivity (Wildman–Crippen MR) is 87.1 cm³/mol. The molecule has 0 fully saturated rings. The first-order valence-electron chi connectivity index (χ1n) is 7.67. The van der Waals surface area contributed by atoms with Crippen LogP contribution in [-0.2, 0) is 6.42 Å². The predicted octanol–water partition coefficient (Wildman–Crippen LogP) is 4.40. The molecule has 1 N–H and O–H groups in total. The van der Waals surface area contributed by atoms with Gasteiger partial charge >= 0.3 is 0 Å². The molecule has 2 aromatic rings. The number of hydrogen-bond donors (Lipinski definition) is 1. The Kier molecular flexibility index (Phi) is 5.82. The highest BCUT2D eigenvalue weighted by molar-refractivity contribution is 5.26. The highest BCUT2D eigenvalue weighted by Gasteiger charge is 2.21. The number of rotatable bonds is 7. The summed E-state index contributed by atoms with van der Waals surface area (Å²) in [6.45, 7) is 5.48. The van der Waals surface area contributed by atoms with Gasteiger partial charge in [-0.3, -0.25) is 0 Å². The summed E-state index contributed by atoms with van der Waals surface area (Å²) >= 11 is 0. The lowest BCUT2D eigenvalue weighted by Crippen LogP contribution is -2.35. The highest BCUT2D eigenvalue weighted by atomic mass is 14.9. The summed E-state index contributed by atoms with van der Waals surface area (Å²) in [5, 5.41) is 3.65. The third-order valence-corrected chi connectivity index (χ3v) is 3.92. The normalized spacial score (nSPS) is 13.9. The monoisotopic (exact) mass is 267 g/mol. The molecular formula is C19H25N. The zero-order valence-electron chi connectivity index (χ0n) is 12.5. The molecule has 0 aliphatic heterocycles. The molecule has 0 bridgehead atoms. The minimum absolute atomic E-state index is 0.530. The van der Waals surface area contributed by atoms with Crippen molar-refractivity contribution in [2.24, 2.45) is 0 Å². The van der Waals surface area contributed by atoms with Crippen molar-refractivity contribution in [3.63, 3.8) is 0 Å². The molecule has 1 heteroatoms. The Morgan fingerprint density at radius 1 is 0.850 bits per heavy atom. The van der Waals surface area contributed by atoms with Gasteiger partial charge in [-0.2, -0.15) is 0 Å².